The number of hydrogen-bond acceptors (Lipinski definition) is 4. The van der Waals surface area contributed by atoms with Crippen molar-refractivity contribution in [3.05, 3.63) is 36.9 Å². The van der Waals surface area contributed by atoms with Crippen molar-refractivity contribution in [3.63, 3.8) is 0 Å². The Balaban J connectivity index is 2.42. The lowest BCUT2D eigenvalue weighted by atomic mass is 10.2. The number of methoxy groups -OCH3 is 1. The molecule has 2 rings (SSSR count). The first-order valence-corrected chi connectivity index (χ1v) is 4.16. The highest BCUT2D eigenvalue weighted by Gasteiger charge is 2.00. The Morgan fingerprint density at radius 2 is 1.93 bits per heavy atom. The fraction of sp³-hybridized carbons (Fsp3) is 0.100. The molecule has 0 saturated heterocycles. The SMILES string of the molecule is COc1cc(-c2ccncc2)ncn1. The van der Waals surface area contributed by atoms with Crippen LogP contribution in [0.25, 0.3) is 11.3 Å². The Morgan fingerprint density at radius 3 is 2.64 bits per heavy atom. The topological polar surface area (TPSA) is 47.9 Å². The van der Waals surface area contributed by atoms with Gasteiger partial charge in [-0.3, -0.25) is 4.98 Å². The average molecular weight is 187 g/mol. The molecular weight excluding hydrogens is 178 g/mol. The van der Waals surface area contributed by atoms with Crippen LogP contribution >= 0.6 is 0 Å². The standard InChI is InChI=1S/C10H9N3O/c1-14-10-6-9(12-7-13-10)8-2-4-11-5-3-8/h2-7H,1H3. The summed E-state index contributed by atoms with van der Waals surface area (Å²) < 4.78 is 5.01. The Hall–Kier alpha value is -1.97. The van der Waals surface area contributed by atoms with Gasteiger partial charge in [0.25, 0.3) is 0 Å². The van der Waals surface area contributed by atoms with Crippen molar-refractivity contribution in [2.45, 2.75) is 0 Å². The summed E-state index contributed by atoms with van der Waals surface area (Å²) >= 11 is 0. The molecule has 0 bridgehead atoms. The third-order valence-electron chi connectivity index (χ3n) is 1.83. The van der Waals surface area contributed by atoms with Crippen LogP contribution in [0.4, 0.5) is 0 Å². The minimum Gasteiger partial charge on any atom is -0.481 e. The molecule has 2 aromatic heterocycles. The minimum absolute atomic E-state index is 0.562. The summed E-state index contributed by atoms with van der Waals surface area (Å²) in [5.41, 5.74) is 1.83. The monoisotopic (exact) mass is 187 g/mol. The highest BCUT2D eigenvalue weighted by Crippen LogP contribution is 2.17. The van der Waals surface area contributed by atoms with E-state index >= 15 is 0 Å². The zero-order valence-electron chi connectivity index (χ0n) is 7.71. The Bertz CT molecular complexity index is 417. The van der Waals surface area contributed by atoms with Gasteiger partial charge in [-0.05, 0) is 12.1 Å². The summed E-state index contributed by atoms with van der Waals surface area (Å²) in [6.07, 6.45) is 4.93. The van der Waals surface area contributed by atoms with Gasteiger partial charge in [0.2, 0.25) is 5.88 Å². The second kappa shape index (κ2) is 3.83. The average Bonchev–Trinajstić information content (AvgIpc) is 2.30. The van der Waals surface area contributed by atoms with Gasteiger partial charge in [-0.25, -0.2) is 9.97 Å². The van der Waals surface area contributed by atoms with E-state index in [-0.39, 0.29) is 0 Å². The van der Waals surface area contributed by atoms with Crippen LogP contribution in [-0.2, 0) is 0 Å². The lowest BCUT2D eigenvalue weighted by Gasteiger charge is -2.01. The van der Waals surface area contributed by atoms with Crippen molar-refractivity contribution >= 4 is 0 Å². The van der Waals surface area contributed by atoms with Crippen LogP contribution in [0.1, 0.15) is 0 Å². The van der Waals surface area contributed by atoms with E-state index < -0.39 is 0 Å². The van der Waals surface area contributed by atoms with Crippen LogP contribution in [0.5, 0.6) is 5.88 Å². The van der Waals surface area contributed by atoms with E-state index in [1.165, 1.54) is 6.33 Å². The summed E-state index contributed by atoms with van der Waals surface area (Å²) in [7, 11) is 1.58. The van der Waals surface area contributed by atoms with Crippen LogP contribution in [0, 0.1) is 0 Å². The van der Waals surface area contributed by atoms with Gasteiger partial charge in [-0.1, -0.05) is 0 Å². The second-order valence-electron chi connectivity index (χ2n) is 2.68. The lowest BCUT2D eigenvalue weighted by molar-refractivity contribution is 0.397. The summed E-state index contributed by atoms with van der Waals surface area (Å²) in [6.45, 7) is 0. The molecular formula is C10H9N3O. The Labute approximate surface area is 81.6 Å². The maximum absolute atomic E-state index is 5.01. The maximum atomic E-state index is 5.01. The van der Waals surface area contributed by atoms with Crippen molar-refractivity contribution in [1.29, 1.82) is 0 Å². The molecule has 0 fully saturated rings. The predicted molar refractivity (Wildman–Crippen MR) is 51.8 cm³/mol. The normalized spacial score (nSPS) is 9.79. The molecule has 0 unspecified atom stereocenters. The van der Waals surface area contributed by atoms with E-state index in [1.807, 2.05) is 12.1 Å². The zero-order valence-corrected chi connectivity index (χ0v) is 7.71. The van der Waals surface area contributed by atoms with Gasteiger partial charge in [-0.2, -0.15) is 0 Å². The van der Waals surface area contributed by atoms with E-state index in [0.29, 0.717) is 5.88 Å². The van der Waals surface area contributed by atoms with Crippen molar-refractivity contribution in [2.75, 3.05) is 7.11 Å². The molecule has 4 heteroatoms. The highest BCUT2D eigenvalue weighted by molar-refractivity contribution is 5.58. The molecule has 2 heterocycles. The molecule has 70 valence electrons. The van der Waals surface area contributed by atoms with Crippen LogP contribution in [0.3, 0.4) is 0 Å². The van der Waals surface area contributed by atoms with Crippen LogP contribution < -0.4 is 4.74 Å². The van der Waals surface area contributed by atoms with E-state index in [0.717, 1.165) is 11.3 Å². The number of pyridine rings is 1. The van der Waals surface area contributed by atoms with E-state index in [1.54, 1.807) is 25.6 Å². The molecule has 0 amide bonds. The number of nitrogens with zero attached hydrogens (tertiary/aromatic N) is 3. The van der Waals surface area contributed by atoms with Gasteiger partial charge in [0.1, 0.15) is 6.33 Å². The number of aromatic nitrogens is 3. The van der Waals surface area contributed by atoms with E-state index in [2.05, 4.69) is 15.0 Å². The first-order valence-electron chi connectivity index (χ1n) is 4.16. The van der Waals surface area contributed by atoms with Gasteiger partial charge >= 0.3 is 0 Å². The van der Waals surface area contributed by atoms with E-state index in [9.17, 15) is 0 Å². The molecule has 4 nitrogen and oxygen atoms in total. The summed E-state index contributed by atoms with van der Waals surface area (Å²) in [6, 6.07) is 5.57. The van der Waals surface area contributed by atoms with Gasteiger partial charge in [0.05, 0.1) is 12.8 Å². The Kier molecular flexibility index (Phi) is 2.36. The molecule has 0 radical (unpaired) electrons. The molecule has 0 aliphatic rings. The highest BCUT2D eigenvalue weighted by atomic mass is 16.5. The summed E-state index contributed by atoms with van der Waals surface area (Å²) in [5, 5.41) is 0. The van der Waals surface area contributed by atoms with Gasteiger partial charge in [0, 0.05) is 24.0 Å². The Morgan fingerprint density at radius 1 is 1.14 bits per heavy atom. The molecule has 2 aromatic rings. The third kappa shape index (κ3) is 1.69. The third-order valence-corrected chi connectivity index (χ3v) is 1.83. The molecule has 0 aliphatic heterocycles. The molecule has 0 aromatic carbocycles. The fourth-order valence-electron chi connectivity index (χ4n) is 1.13. The fourth-order valence-corrected chi connectivity index (χ4v) is 1.13. The molecule has 0 saturated carbocycles. The van der Waals surface area contributed by atoms with Crippen molar-refractivity contribution in [3.8, 4) is 17.1 Å². The van der Waals surface area contributed by atoms with Crippen molar-refractivity contribution in [1.82, 2.24) is 15.0 Å². The molecule has 14 heavy (non-hydrogen) atoms. The largest absolute Gasteiger partial charge is 0.481 e. The van der Waals surface area contributed by atoms with Gasteiger partial charge in [0.15, 0.2) is 0 Å². The van der Waals surface area contributed by atoms with Crippen molar-refractivity contribution < 1.29 is 4.74 Å². The summed E-state index contributed by atoms with van der Waals surface area (Å²) in [4.78, 5) is 12.0. The smallest absolute Gasteiger partial charge is 0.216 e. The summed E-state index contributed by atoms with van der Waals surface area (Å²) in [5.74, 6) is 0.562. The van der Waals surface area contributed by atoms with Gasteiger partial charge in [-0.15, -0.1) is 0 Å². The van der Waals surface area contributed by atoms with Gasteiger partial charge < -0.3 is 4.74 Å². The number of ether oxygens (including phenoxy) is 1. The van der Waals surface area contributed by atoms with Crippen LogP contribution in [0.2, 0.25) is 0 Å². The maximum Gasteiger partial charge on any atom is 0.216 e. The second-order valence-corrected chi connectivity index (χ2v) is 2.68. The minimum atomic E-state index is 0.562. The van der Waals surface area contributed by atoms with E-state index in [4.69, 9.17) is 4.74 Å². The molecule has 0 spiro atoms. The zero-order chi connectivity index (χ0) is 9.80. The quantitative estimate of drug-likeness (QED) is 0.715. The molecule has 0 N–H and O–H groups in total. The lowest BCUT2D eigenvalue weighted by Crippen LogP contribution is -1.90. The van der Waals surface area contributed by atoms with Crippen LogP contribution in [-0.4, -0.2) is 22.1 Å². The first kappa shape index (κ1) is 8.62. The van der Waals surface area contributed by atoms with Crippen LogP contribution in [0.15, 0.2) is 36.9 Å². The van der Waals surface area contributed by atoms with Crippen molar-refractivity contribution in [2.24, 2.45) is 0 Å². The number of rotatable bonds is 2. The predicted octanol–water partition coefficient (Wildman–Crippen LogP) is 1.55. The first-order chi connectivity index (χ1) is 6.90. The molecule has 0 aliphatic carbocycles. The molecule has 0 atom stereocenters. The number of hydrogen-bond donors (Lipinski definition) is 0.